The minimum atomic E-state index is -0.844. The van der Waals surface area contributed by atoms with Crippen molar-refractivity contribution in [1.82, 2.24) is 15.2 Å². The topological polar surface area (TPSA) is 65.5 Å². The number of hydrogen-bond acceptors (Lipinski definition) is 4. The van der Waals surface area contributed by atoms with Gasteiger partial charge in [-0.2, -0.15) is 0 Å². The maximum Gasteiger partial charge on any atom is 0.234 e. The van der Waals surface area contributed by atoms with Gasteiger partial charge in [0.05, 0.1) is 12.2 Å². The van der Waals surface area contributed by atoms with Gasteiger partial charge in [0.25, 0.3) is 0 Å². The molecule has 2 N–H and O–H groups in total. The Hall–Kier alpha value is -1.46. The van der Waals surface area contributed by atoms with E-state index in [0.29, 0.717) is 25.4 Å². The van der Waals surface area contributed by atoms with Crippen molar-refractivity contribution < 1.29 is 9.90 Å². The zero-order valence-corrected chi connectivity index (χ0v) is 14.9. The molecular formula is C20H29N3O2. The number of aliphatic hydroxyl groups is 1. The zero-order chi connectivity index (χ0) is 17.3. The minimum absolute atomic E-state index is 0.159. The molecule has 2 bridgehead atoms. The fourth-order valence-electron chi connectivity index (χ4n) is 5.11. The molecule has 2 aliphatic heterocycles. The number of hydrogen-bond donors (Lipinski definition) is 2. The first-order valence-corrected chi connectivity index (χ1v) is 9.83. The molecule has 136 valence electrons. The third-order valence-corrected chi connectivity index (χ3v) is 6.36. The Bertz CT molecular complexity index is 586. The molecule has 1 saturated carbocycles. The smallest absolute Gasteiger partial charge is 0.234 e. The number of nitrogens with one attached hydrogen (secondary N) is 1. The molecule has 5 heteroatoms. The molecule has 25 heavy (non-hydrogen) atoms. The van der Waals surface area contributed by atoms with Gasteiger partial charge in [-0.05, 0) is 50.7 Å². The molecule has 0 radical (unpaired) electrons. The number of carbonyl (C=O) groups excluding carboxylic acids is 1. The fourth-order valence-corrected chi connectivity index (χ4v) is 5.11. The highest BCUT2D eigenvalue weighted by molar-refractivity contribution is 5.78. The summed E-state index contributed by atoms with van der Waals surface area (Å²) in [6.07, 6.45) is 11.2. The molecule has 2 unspecified atom stereocenters. The van der Waals surface area contributed by atoms with Crippen LogP contribution in [0.1, 0.15) is 63.5 Å². The van der Waals surface area contributed by atoms with E-state index >= 15 is 0 Å². The normalized spacial score (nSPS) is 33.3. The van der Waals surface area contributed by atoms with Crippen LogP contribution in [-0.4, -0.2) is 45.6 Å². The van der Waals surface area contributed by atoms with Crippen LogP contribution in [0.15, 0.2) is 24.4 Å². The van der Waals surface area contributed by atoms with Crippen LogP contribution in [0.3, 0.4) is 0 Å². The Labute approximate surface area is 149 Å². The van der Waals surface area contributed by atoms with Gasteiger partial charge >= 0.3 is 0 Å². The van der Waals surface area contributed by atoms with E-state index in [4.69, 9.17) is 0 Å². The summed E-state index contributed by atoms with van der Waals surface area (Å²) in [4.78, 5) is 19.2. The standard InChI is InChI=1S/C20H29N3O2/c24-19(22-15-6-2-1-3-7-15)14-23-16-9-10-17(23)13-20(25,12-16)18-8-4-5-11-21-18/h4-5,8,11,15-17,25H,1-3,6-7,9-10,12-14H2,(H,22,24). The predicted molar refractivity (Wildman–Crippen MR) is 95.9 cm³/mol. The summed E-state index contributed by atoms with van der Waals surface area (Å²) in [6, 6.07) is 6.67. The van der Waals surface area contributed by atoms with Crippen LogP contribution in [0.2, 0.25) is 0 Å². The van der Waals surface area contributed by atoms with Crippen molar-refractivity contribution >= 4 is 5.91 Å². The first-order chi connectivity index (χ1) is 12.1. The first kappa shape index (κ1) is 17.0. The number of piperidine rings is 1. The zero-order valence-electron chi connectivity index (χ0n) is 14.9. The maximum absolute atomic E-state index is 12.5. The van der Waals surface area contributed by atoms with E-state index in [-0.39, 0.29) is 18.0 Å². The summed E-state index contributed by atoms with van der Waals surface area (Å²) in [5, 5.41) is 14.4. The molecule has 2 atom stereocenters. The Morgan fingerprint density at radius 1 is 1.16 bits per heavy atom. The minimum Gasteiger partial charge on any atom is -0.383 e. The van der Waals surface area contributed by atoms with Gasteiger partial charge in [-0.25, -0.2) is 0 Å². The van der Waals surface area contributed by atoms with Crippen LogP contribution >= 0.6 is 0 Å². The van der Waals surface area contributed by atoms with Crippen LogP contribution < -0.4 is 5.32 Å². The summed E-state index contributed by atoms with van der Waals surface area (Å²) in [6.45, 7) is 0.476. The largest absolute Gasteiger partial charge is 0.383 e. The summed E-state index contributed by atoms with van der Waals surface area (Å²) in [5.74, 6) is 0.159. The highest BCUT2D eigenvalue weighted by Crippen LogP contribution is 2.44. The average molecular weight is 343 g/mol. The van der Waals surface area contributed by atoms with Gasteiger partial charge in [0.15, 0.2) is 0 Å². The van der Waals surface area contributed by atoms with Gasteiger partial charge in [0.2, 0.25) is 5.91 Å². The van der Waals surface area contributed by atoms with Gasteiger partial charge < -0.3 is 10.4 Å². The predicted octanol–water partition coefficient (Wildman–Crippen LogP) is 2.34. The van der Waals surface area contributed by atoms with Crippen LogP contribution in [0.4, 0.5) is 0 Å². The molecule has 4 rings (SSSR count). The van der Waals surface area contributed by atoms with Crippen molar-refractivity contribution in [1.29, 1.82) is 0 Å². The van der Waals surface area contributed by atoms with Crippen molar-refractivity contribution in [2.75, 3.05) is 6.54 Å². The molecule has 3 heterocycles. The molecule has 1 aliphatic carbocycles. The van der Waals surface area contributed by atoms with Gasteiger partial charge in [0.1, 0.15) is 5.60 Å². The number of fused-ring (bicyclic) bond motifs is 2. The molecule has 5 nitrogen and oxygen atoms in total. The van der Waals surface area contributed by atoms with Gasteiger partial charge in [0, 0.05) is 24.3 Å². The summed E-state index contributed by atoms with van der Waals surface area (Å²) in [5.41, 5.74) is -0.0677. The molecule has 2 saturated heterocycles. The first-order valence-electron chi connectivity index (χ1n) is 9.83. The molecule has 0 spiro atoms. The Balaban J connectivity index is 1.38. The van der Waals surface area contributed by atoms with Crippen molar-refractivity contribution in [3.8, 4) is 0 Å². The van der Waals surface area contributed by atoms with Crippen molar-refractivity contribution in [3.63, 3.8) is 0 Å². The lowest BCUT2D eigenvalue weighted by molar-refractivity contribution is -0.127. The van der Waals surface area contributed by atoms with E-state index in [1.54, 1.807) is 6.20 Å². The monoisotopic (exact) mass is 343 g/mol. The lowest BCUT2D eigenvalue weighted by Gasteiger charge is -2.43. The Morgan fingerprint density at radius 3 is 2.52 bits per heavy atom. The number of rotatable bonds is 4. The third kappa shape index (κ3) is 3.58. The fraction of sp³-hybridized carbons (Fsp3) is 0.700. The quantitative estimate of drug-likeness (QED) is 0.881. The van der Waals surface area contributed by atoms with E-state index in [9.17, 15) is 9.90 Å². The molecule has 0 aromatic carbocycles. The summed E-state index contributed by atoms with van der Waals surface area (Å²) >= 11 is 0. The highest BCUT2D eigenvalue weighted by Gasteiger charge is 2.49. The van der Waals surface area contributed by atoms with Crippen LogP contribution in [0, 0.1) is 0 Å². The Morgan fingerprint density at radius 2 is 1.88 bits per heavy atom. The van der Waals surface area contributed by atoms with Gasteiger partial charge in [-0.15, -0.1) is 0 Å². The second-order valence-corrected chi connectivity index (χ2v) is 8.11. The van der Waals surface area contributed by atoms with E-state index in [2.05, 4.69) is 15.2 Å². The van der Waals surface area contributed by atoms with E-state index in [0.717, 1.165) is 31.4 Å². The van der Waals surface area contributed by atoms with E-state index in [1.165, 1.54) is 19.3 Å². The molecule has 3 fully saturated rings. The third-order valence-electron chi connectivity index (χ3n) is 6.36. The van der Waals surface area contributed by atoms with Crippen molar-refractivity contribution in [2.24, 2.45) is 0 Å². The number of pyridine rings is 1. The number of carbonyl (C=O) groups is 1. The molecule has 1 aromatic heterocycles. The molecular weight excluding hydrogens is 314 g/mol. The lowest BCUT2D eigenvalue weighted by atomic mass is 9.83. The maximum atomic E-state index is 12.5. The molecule has 1 amide bonds. The second kappa shape index (κ2) is 7.04. The average Bonchev–Trinajstić information content (AvgIpc) is 2.87. The summed E-state index contributed by atoms with van der Waals surface area (Å²) < 4.78 is 0. The number of amides is 1. The van der Waals surface area contributed by atoms with Crippen LogP contribution in [0.5, 0.6) is 0 Å². The SMILES string of the molecule is O=C(CN1C2CCC1CC(O)(c1ccccn1)C2)NC1CCCCC1. The van der Waals surface area contributed by atoms with E-state index in [1.807, 2.05) is 18.2 Å². The molecule has 1 aromatic rings. The molecule has 3 aliphatic rings. The van der Waals surface area contributed by atoms with Gasteiger partial charge in [-0.3, -0.25) is 14.7 Å². The van der Waals surface area contributed by atoms with Gasteiger partial charge in [-0.1, -0.05) is 25.3 Å². The van der Waals surface area contributed by atoms with Crippen LogP contribution in [0.25, 0.3) is 0 Å². The van der Waals surface area contributed by atoms with Crippen LogP contribution in [-0.2, 0) is 10.4 Å². The second-order valence-electron chi connectivity index (χ2n) is 8.11. The number of nitrogens with zero attached hydrogens (tertiary/aromatic N) is 2. The lowest BCUT2D eigenvalue weighted by Crippen LogP contribution is -2.53. The van der Waals surface area contributed by atoms with E-state index < -0.39 is 5.60 Å². The van der Waals surface area contributed by atoms with Crippen molar-refractivity contribution in [2.45, 2.75) is 81.5 Å². The van der Waals surface area contributed by atoms with Crippen molar-refractivity contribution in [3.05, 3.63) is 30.1 Å². The Kier molecular flexibility index (Phi) is 4.78. The highest BCUT2D eigenvalue weighted by atomic mass is 16.3. The number of aromatic nitrogens is 1. The summed E-state index contributed by atoms with van der Waals surface area (Å²) in [7, 11) is 0.